The molecule has 0 aliphatic carbocycles. The zero-order valence-electron chi connectivity index (χ0n) is 11.8. The van der Waals surface area contributed by atoms with E-state index >= 15 is 0 Å². The van der Waals surface area contributed by atoms with E-state index in [0.29, 0.717) is 18.7 Å². The van der Waals surface area contributed by atoms with Crippen molar-refractivity contribution in [3.63, 3.8) is 0 Å². The molecule has 1 aromatic carbocycles. The van der Waals surface area contributed by atoms with Crippen LogP contribution in [0.3, 0.4) is 0 Å². The molecule has 1 unspecified atom stereocenters. The summed E-state index contributed by atoms with van der Waals surface area (Å²) in [7, 11) is 0. The molecular formula is C16H18N2O2S. The highest BCUT2D eigenvalue weighted by Gasteiger charge is 2.21. The Labute approximate surface area is 129 Å². The summed E-state index contributed by atoms with van der Waals surface area (Å²) in [5.41, 5.74) is 6.73. The topological polar surface area (TPSA) is 68.3 Å². The van der Waals surface area contributed by atoms with Crippen molar-refractivity contribution >= 4 is 23.1 Å². The summed E-state index contributed by atoms with van der Waals surface area (Å²) in [6, 6.07) is 13.4. The number of nitrogens with one attached hydrogen (secondary N) is 1. The van der Waals surface area contributed by atoms with Crippen LogP contribution in [0.25, 0.3) is 0 Å². The maximum atomic E-state index is 12.2. The van der Waals surface area contributed by atoms with Crippen molar-refractivity contribution in [1.29, 1.82) is 0 Å². The summed E-state index contributed by atoms with van der Waals surface area (Å²) in [4.78, 5) is 12.4. The number of hydrogen-bond donors (Lipinski definition) is 2. The fourth-order valence-corrected chi connectivity index (χ4v) is 2.24. The summed E-state index contributed by atoms with van der Waals surface area (Å²) in [5, 5.41) is 2.81. The molecule has 110 valence electrons. The number of thiocarbonyl (C=S) groups is 1. The van der Waals surface area contributed by atoms with Crippen molar-refractivity contribution in [2.75, 3.05) is 0 Å². The Kier molecular flexibility index (Phi) is 5.11. The number of hydrogen-bond acceptors (Lipinski definition) is 3. The van der Waals surface area contributed by atoms with Gasteiger partial charge in [-0.15, -0.1) is 0 Å². The van der Waals surface area contributed by atoms with Gasteiger partial charge < -0.3 is 15.5 Å². The second kappa shape index (κ2) is 7.04. The van der Waals surface area contributed by atoms with Crippen LogP contribution >= 0.6 is 12.2 Å². The molecule has 0 spiro atoms. The Balaban J connectivity index is 1.97. The van der Waals surface area contributed by atoms with Crippen molar-refractivity contribution < 1.29 is 9.21 Å². The highest BCUT2D eigenvalue weighted by Crippen LogP contribution is 2.11. The Bertz CT molecular complexity index is 622. The average Bonchev–Trinajstić information content (AvgIpc) is 2.89. The quantitative estimate of drug-likeness (QED) is 0.804. The lowest BCUT2D eigenvalue weighted by molar-refractivity contribution is -0.123. The molecule has 0 aliphatic heterocycles. The van der Waals surface area contributed by atoms with Gasteiger partial charge in [0.2, 0.25) is 5.91 Å². The minimum Gasteiger partial charge on any atom is -0.465 e. The zero-order valence-corrected chi connectivity index (χ0v) is 12.7. The van der Waals surface area contributed by atoms with Crippen LogP contribution in [-0.4, -0.2) is 10.9 Å². The van der Waals surface area contributed by atoms with Crippen LogP contribution in [0.4, 0.5) is 0 Å². The monoisotopic (exact) mass is 302 g/mol. The van der Waals surface area contributed by atoms with Crippen LogP contribution in [0.15, 0.2) is 46.9 Å². The fourth-order valence-electron chi connectivity index (χ4n) is 2.05. The van der Waals surface area contributed by atoms with E-state index in [1.807, 2.05) is 49.4 Å². The van der Waals surface area contributed by atoms with Crippen molar-refractivity contribution in [3.8, 4) is 0 Å². The lowest BCUT2D eigenvalue weighted by Crippen LogP contribution is -2.38. The van der Waals surface area contributed by atoms with E-state index in [0.717, 1.165) is 11.3 Å². The maximum absolute atomic E-state index is 12.2. The van der Waals surface area contributed by atoms with Gasteiger partial charge in [-0.25, -0.2) is 0 Å². The van der Waals surface area contributed by atoms with Gasteiger partial charge >= 0.3 is 0 Å². The Hall–Kier alpha value is -2.14. The molecule has 1 heterocycles. The second-order valence-corrected chi connectivity index (χ2v) is 5.35. The summed E-state index contributed by atoms with van der Waals surface area (Å²) in [5.74, 6) is 0.829. The molecule has 0 saturated carbocycles. The third-order valence-corrected chi connectivity index (χ3v) is 3.46. The van der Waals surface area contributed by atoms with Gasteiger partial charge in [0, 0.05) is 0 Å². The van der Waals surface area contributed by atoms with Gasteiger partial charge in [-0.1, -0.05) is 42.5 Å². The molecule has 1 atom stereocenters. The first-order valence-corrected chi connectivity index (χ1v) is 7.13. The number of carbonyl (C=O) groups is 1. The fraction of sp³-hybridized carbons (Fsp3) is 0.250. The number of nitrogens with two attached hydrogens (primary N) is 1. The van der Waals surface area contributed by atoms with E-state index in [1.54, 1.807) is 0 Å². The first kappa shape index (κ1) is 15.3. The van der Waals surface area contributed by atoms with Crippen LogP contribution in [0.1, 0.15) is 17.1 Å². The van der Waals surface area contributed by atoms with Gasteiger partial charge in [0.25, 0.3) is 0 Å². The highest BCUT2D eigenvalue weighted by molar-refractivity contribution is 7.80. The zero-order chi connectivity index (χ0) is 15.2. The molecule has 2 rings (SSSR count). The van der Waals surface area contributed by atoms with E-state index in [2.05, 4.69) is 5.32 Å². The lowest BCUT2D eigenvalue weighted by atomic mass is 9.98. The lowest BCUT2D eigenvalue weighted by Gasteiger charge is -2.15. The summed E-state index contributed by atoms with van der Waals surface area (Å²) in [6.45, 7) is 2.19. The molecule has 0 bridgehead atoms. The van der Waals surface area contributed by atoms with Gasteiger partial charge in [0.15, 0.2) is 0 Å². The maximum Gasteiger partial charge on any atom is 0.230 e. The third-order valence-electron chi connectivity index (χ3n) is 3.18. The molecule has 1 amide bonds. The first-order valence-electron chi connectivity index (χ1n) is 6.72. The van der Waals surface area contributed by atoms with Crippen LogP contribution in [-0.2, 0) is 17.8 Å². The van der Waals surface area contributed by atoms with E-state index in [4.69, 9.17) is 22.4 Å². The SMILES string of the molecule is Cc1ccc(CNC(=O)C(Cc2ccccc2)C(N)=S)o1. The average molecular weight is 302 g/mol. The van der Waals surface area contributed by atoms with Gasteiger partial charge in [0.05, 0.1) is 17.5 Å². The molecule has 0 radical (unpaired) electrons. The van der Waals surface area contributed by atoms with E-state index < -0.39 is 5.92 Å². The number of amides is 1. The van der Waals surface area contributed by atoms with Gasteiger partial charge in [-0.05, 0) is 31.0 Å². The summed E-state index contributed by atoms with van der Waals surface area (Å²) in [6.07, 6.45) is 0.499. The predicted octanol–water partition coefficient (Wildman–Crippen LogP) is 2.35. The molecule has 2 aromatic rings. The molecular weight excluding hydrogens is 284 g/mol. The van der Waals surface area contributed by atoms with Crippen LogP contribution < -0.4 is 11.1 Å². The van der Waals surface area contributed by atoms with Gasteiger partial charge in [-0.3, -0.25) is 4.79 Å². The smallest absolute Gasteiger partial charge is 0.230 e. The Morgan fingerprint density at radius 3 is 2.57 bits per heavy atom. The van der Waals surface area contributed by atoms with E-state index in [9.17, 15) is 4.79 Å². The molecule has 5 heteroatoms. The Morgan fingerprint density at radius 2 is 2.00 bits per heavy atom. The number of furan rings is 1. The summed E-state index contributed by atoms with van der Waals surface area (Å²) >= 11 is 5.02. The minimum atomic E-state index is -0.515. The first-order chi connectivity index (χ1) is 10.1. The number of benzene rings is 1. The molecule has 0 saturated heterocycles. The molecule has 4 nitrogen and oxygen atoms in total. The standard InChI is InChI=1S/C16H18N2O2S/c1-11-7-8-13(20-11)10-18-16(19)14(15(17)21)9-12-5-3-2-4-6-12/h2-8,14H,9-10H2,1H3,(H2,17,21)(H,18,19). The number of carbonyl (C=O) groups excluding carboxylic acids is 1. The molecule has 1 aromatic heterocycles. The van der Waals surface area contributed by atoms with E-state index in [1.165, 1.54) is 0 Å². The van der Waals surface area contributed by atoms with Crippen molar-refractivity contribution in [3.05, 3.63) is 59.5 Å². The third kappa shape index (κ3) is 4.43. The Morgan fingerprint density at radius 1 is 1.29 bits per heavy atom. The van der Waals surface area contributed by atoms with Crippen LogP contribution in [0, 0.1) is 12.8 Å². The second-order valence-electron chi connectivity index (χ2n) is 4.87. The number of aryl methyl sites for hydroxylation is 1. The van der Waals surface area contributed by atoms with Gasteiger partial charge in [0.1, 0.15) is 11.5 Å². The van der Waals surface area contributed by atoms with Gasteiger partial charge in [-0.2, -0.15) is 0 Å². The number of rotatable bonds is 6. The van der Waals surface area contributed by atoms with Crippen LogP contribution in [0.2, 0.25) is 0 Å². The van der Waals surface area contributed by atoms with Crippen molar-refractivity contribution in [2.24, 2.45) is 11.7 Å². The molecule has 0 fully saturated rings. The predicted molar refractivity (Wildman–Crippen MR) is 85.7 cm³/mol. The molecule has 21 heavy (non-hydrogen) atoms. The molecule has 3 N–H and O–H groups in total. The largest absolute Gasteiger partial charge is 0.465 e. The van der Waals surface area contributed by atoms with Crippen LogP contribution in [0.5, 0.6) is 0 Å². The highest BCUT2D eigenvalue weighted by atomic mass is 32.1. The normalized spacial score (nSPS) is 11.9. The molecule has 0 aliphatic rings. The summed E-state index contributed by atoms with van der Waals surface area (Å²) < 4.78 is 5.41. The van der Waals surface area contributed by atoms with Crippen molar-refractivity contribution in [1.82, 2.24) is 5.32 Å². The van der Waals surface area contributed by atoms with Crippen molar-refractivity contribution in [2.45, 2.75) is 19.9 Å². The minimum absolute atomic E-state index is 0.180. The van der Waals surface area contributed by atoms with E-state index in [-0.39, 0.29) is 10.9 Å².